The standard InChI is InChI=1S/C15H20N4O/c1-10-7-13(12(8-16)11(2)18-10)19-6-5-15(3,9-19)14(20)17-4/h7H,5-6,9H2,1-4H3,(H,17,20). The predicted molar refractivity (Wildman–Crippen MR) is 77.4 cm³/mol. The number of nitrogens with one attached hydrogen (secondary N) is 1. The lowest BCUT2D eigenvalue weighted by Gasteiger charge is -2.25. The van der Waals surface area contributed by atoms with Crippen molar-refractivity contribution in [3.05, 3.63) is 23.0 Å². The highest BCUT2D eigenvalue weighted by Crippen LogP contribution is 2.35. The molecular formula is C15H20N4O. The van der Waals surface area contributed by atoms with Crippen molar-refractivity contribution in [3.63, 3.8) is 0 Å². The number of carbonyl (C=O) groups is 1. The summed E-state index contributed by atoms with van der Waals surface area (Å²) in [4.78, 5) is 18.4. The number of anilines is 1. The molecule has 1 fully saturated rings. The number of carbonyl (C=O) groups excluding carboxylic acids is 1. The van der Waals surface area contributed by atoms with E-state index in [-0.39, 0.29) is 5.91 Å². The van der Waals surface area contributed by atoms with Crippen LogP contribution >= 0.6 is 0 Å². The normalized spacial score (nSPS) is 21.6. The number of rotatable bonds is 2. The van der Waals surface area contributed by atoms with Gasteiger partial charge in [-0.15, -0.1) is 0 Å². The summed E-state index contributed by atoms with van der Waals surface area (Å²) < 4.78 is 0. The van der Waals surface area contributed by atoms with Crippen molar-refractivity contribution in [2.24, 2.45) is 5.41 Å². The summed E-state index contributed by atoms with van der Waals surface area (Å²) in [7, 11) is 1.66. The van der Waals surface area contributed by atoms with E-state index < -0.39 is 5.41 Å². The molecule has 0 saturated carbocycles. The molecule has 2 rings (SSSR count). The van der Waals surface area contributed by atoms with Gasteiger partial charge in [-0.1, -0.05) is 0 Å². The predicted octanol–water partition coefficient (Wildman–Crippen LogP) is 1.53. The highest BCUT2D eigenvalue weighted by Gasteiger charge is 2.40. The molecule has 0 aliphatic carbocycles. The number of nitriles is 1. The average Bonchev–Trinajstić information content (AvgIpc) is 2.81. The first-order valence-corrected chi connectivity index (χ1v) is 6.77. The van der Waals surface area contributed by atoms with Gasteiger partial charge in [0.1, 0.15) is 6.07 Å². The van der Waals surface area contributed by atoms with Gasteiger partial charge < -0.3 is 10.2 Å². The molecule has 1 aliphatic rings. The second-order valence-corrected chi connectivity index (χ2v) is 5.67. The average molecular weight is 272 g/mol. The van der Waals surface area contributed by atoms with Crippen molar-refractivity contribution >= 4 is 11.6 Å². The van der Waals surface area contributed by atoms with E-state index in [0.29, 0.717) is 12.1 Å². The summed E-state index contributed by atoms with van der Waals surface area (Å²) >= 11 is 0. The van der Waals surface area contributed by atoms with E-state index in [1.54, 1.807) is 7.05 Å². The molecule has 0 aromatic carbocycles. The highest BCUT2D eigenvalue weighted by molar-refractivity contribution is 5.83. The Balaban J connectivity index is 2.36. The summed E-state index contributed by atoms with van der Waals surface area (Å²) in [5.74, 6) is 0.0565. The first kappa shape index (κ1) is 14.3. The molecule has 1 saturated heterocycles. The van der Waals surface area contributed by atoms with Gasteiger partial charge in [0.05, 0.1) is 22.4 Å². The zero-order valence-corrected chi connectivity index (χ0v) is 12.4. The summed E-state index contributed by atoms with van der Waals surface area (Å²) in [5.41, 5.74) is 2.75. The molecule has 1 unspecified atom stereocenters. The molecule has 1 aromatic heterocycles. The van der Waals surface area contributed by atoms with Gasteiger partial charge in [0, 0.05) is 25.8 Å². The number of amides is 1. The van der Waals surface area contributed by atoms with Gasteiger partial charge >= 0.3 is 0 Å². The van der Waals surface area contributed by atoms with Gasteiger partial charge in [-0.2, -0.15) is 5.26 Å². The number of pyridine rings is 1. The van der Waals surface area contributed by atoms with Crippen LogP contribution in [0.3, 0.4) is 0 Å². The van der Waals surface area contributed by atoms with Crippen molar-refractivity contribution in [3.8, 4) is 6.07 Å². The fourth-order valence-electron chi connectivity index (χ4n) is 2.85. The quantitative estimate of drug-likeness (QED) is 0.886. The van der Waals surface area contributed by atoms with Gasteiger partial charge in [-0.05, 0) is 33.3 Å². The van der Waals surface area contributed by atoms with Crippen molar-refractivity contribution < 1.29 is 4.79 Å². The summed E-state index contributed by atoms with van der Waals surface area (Å²) in [6.45, 7) is 7.15. The van der Waals surface area contributed by atoms with E-state index in [9.17, 15) is 10.1 Å². The molecule has 0 bridgehead atoms. The lowest BCUT2D eigenvalue weighted by atomic mass is 9.89. The second-order valence-electron chi connectivity index (χ2n) is 5.67. The maximum Gasteiger partial charge on any atom is 0.227 e. The van der Waals surface area contributed by atoms with E-state index in [4.69, 9.17) is 0 Å². The van der Waals surface area contributed by atoms with Gasteiger partial charge in [0.2, 0.25) is 5.91 Å². The second kappa shape index (κ2) is 5.12. The Morgan fingerprint density at radius 2 is 2.25 bits per heavy atom. The van der Waals surface area contributed by atoms with Crippen LogP contribution in [0.4, 0.5) is 5.69 Å². The van der Waals surface area contributed by atoms with E-state index in [0.717, 1.165) is 30.0 Å². The van der Waals surface area contributed by atoms with Crippen LogP contribution in [0.2, 0.25) is 0 Å². The molecule has 20 heavy (non-hydrogen) atoms. The van der Waals surface area contributed by atoms with Crippen molar-refractivity contribution in [1.29, 1.82) is 5.26 Å². The Bertz CT molecular complexity index is 590. The van der Waals surface area contributed by atoms with Crippen LogP contribution in [-0.2, 0) is 4.79 Å². The summed E-state index contributed by atoms with van der Waals surface area (Å²) in [5, 5.41) is 12.1. The number of nitrogens with zero attached hydrogens (tertiary/aromatic N) is 3. The number of aromatic nitrogens is 1. The minimum atomic E-state index is -0.396. The van der Waals surface area contributed by atoms with E-state index in [1.165, 1.54) is 0 Å². The lowest BCUT2D eigenvalue weighted by molar-refractivity contribution is -0.128. The Morgan fingerprint density at radius 1 is 1.55 bits per heavy atom. The van der Waals surface area contributed by atoms with Crippen LogP contribution < -0.4 is 10.2 Å². The Morgan fingerprint density at radius 3 is 2.85 bits per heavy atom. The molecule has 1 aliphatic heterocycles. The summed E-state index contributed by atoms with van der Waals surface area (Å²) in [6.07, 6.45) is 0.790. The molecule has 1 aromatic rings. The molecular weight excluding hydrogens is 252 g/mol. The lowest BCUT2D eigenvalue weighted by Crippen LogP contribution is -2.39. The van der Waals surface area contributed by atoms with Crippen LogP contribution in [0.15, 0.2) is 6.07 Å². The molecule has 5 heteroatoms. The third kappa shape index (κ3) is 2.34. The van der Waals surface area contributed by atoms with Crippen LogP contribution in [0.1, 0.15) is 30.3 Å². The van der Waals surface area contributed by atoms with Crippen LogP contribution in [0.5, 0.6) is 0 Å². The molecule has 0 radical (unpaired) electrons. The monoisotopic (exact) mass is 272 g/mol. The first-order chi connectivity index (χ1) is 9.41. The summed E-state index contributed by atoms with van der Waals surface area (Å²) in [6, 6.07) is 4.17. The number of aryl methyl sites for hydroxylation is 2. The zero-order chi connectivity index (χ0) is 14.9. The van der Waals surface area contributed by atoms with Crippen molar-refractivity contribution in [2.45, 2.75) is 27.2 Å². The fourth-order valence-corrected chi connectivity index (χ4v) is 2.85. The number of hydrogen-bond acceptors (Lipinski definition) is 4. The van der Waals surface area contributed by atoms with Crippen molar-refractivity contribution in [1.82, 2.24) is 10.3 Å². The van der Waals surface area contributed by atoms with E-state index >= 15 is 0 Å². The van der Waals surface area contributed by atoms with E-state index in [2.05, 4.69) is 21.3 Å². The van der Waals surface area contributed by atoms with Gasteiger partial charge in [-0.3, -0.25) is 9.78 Å². The molecule has 1 atom stereocenters. The minimum Gasteiger partial charge on any atom is -0.369 e. The molecule has 1 N–H and O–H groups in total. The fraction of sp³-hybridized carbons (Fsp3) is 0.533. The molecule has 0 spiro atoms. The minimum absolute atomic E-state index is 0.0565. The topological polar surface area (TPSA) is 69.0 Å². The molecule has 1 amide bonds. The number of hydrogen-bond donors (Lipinski definition) is 1. The highest BCUT2D eigenvalue weighted by atomic mass is 16.2. The Labute approximate surface area is 119 Å². The van der Waals surface area contributed by atoms with Gasteiger partial charge in [0.25, 0.3) is 0 Å². The maximum atomic E-state index is 12.0. The largest absolute Gasteiger partial charge is 0.369 e. The van der Waals surface area contributed by atoms with Gasteiger partial charge in [0.15, 0.2) is 0 Å². The van der Waals surface area contributed by atoms with Gasteiger partial charge in [-0.25, -0.2) is 0 Å². The van der Waals surface area contributed by atoms with Crippen LogP contribution in [-0.4, -0.2) is 31.0 Å². The molecule has 106 valence electrons. The maximum absolute atomic E-state index is 12.0. The Kier molecular flexibility index (Phi) is 3.67. The smallest absolute Gasteiger partial charge is 0.227 e. The first-order valence-electron chi connectivity index (χ1n) is 6.77. The van der Waals surface area contributed by atoms with Crippen molar-refractivity contribution in [2.75, 3.05) is 25.0 Å². The Hall–Kier alpha value is -2.09. The molecule has 2 heterocycles. The third-order valence-electron chi connectivity index (χ3n) is 4.01. The SMILES string of the molecule is CNC(=O)C1(C)CCN(c2cc(C)nc(C)c2C#N)C1. The third-order valence-corrected chi connectivity index (χ3v) is 4.01. The zero-order valence-electron chi connectivity index (χ0n) is 12.4. The van der Waals surface area contributed by atoms with Crippen LogP contribution in [0.25, 0.3) is 0 Å². The van der Waals surface area contributed by atoms with Crippen LogP contribution in [0, 0.1) is 30.6 Å². The molecule has 5 nitrogen and oxygen atoms in total. The van der Waals surface area contributed by atoms with E-state index in [1.807, 2.05) is 26.8 Å².